The van der Waals surface area contributed by atoms with Crippen LogP contribution in [0, 0.1) is 19.7 Å². The van der Waals surface area contributed by atoms with Gasteiger partial charge < -0.3 is 14.7 Å². The summed E-state index contributed by atoms with van der Waals surface area (Å²) in [7, 11) is 0. The summed E-state index contributed by atoms with van der Waals surface area (Å²) >= 11 is 1.54. The Morgan fingerprint density at radius 2 is 1.97 bits per heavy atom. The molecule has 4 rings (SSSR count). The molecule has 0 saturated carbocycles. The van der Waals surface area contributed by atoms with E-state index in [0.29, 0.717) is 29.3 Å². The van der Waals surface area contributed by atoms with Crippen molar-refractivity contribution in [3.63, 3.8) is 0 Å². The van der Waals surface area contributed by atoms with Crippen molar-refractivity contribution in [1.29, 1.82) is 0 Å². The quantitative estimate of drug-likeness (QED) is 0.575. The summed E-state index contributed by atoms with van der Waals surface area (Å²) < 4.78 is 18.3. The molecule has 6 nitrogen and oxygen atoms in total. The van der Waals surface area contributed by atoms with Crippen molar-refractivity contribution in [3.8, 4) is 0 Å². The van der Waals surface area contributed by atoms with Crippen molar-refractivity contribution in [2.75, 3.05) is 22.5 Å². The Labute approximate surface area is 190 Å². The van der Waals surface area contributed by atoms with Crippen LogP contribution in [0.4, 0.5) is 15.8 Å². The van der Waals surface area contributed by atoms with Crippen LogP contribution in [0.1, 0.15) is 39.4 Å². The number of amides is 2. The number of carbonyl (C=O) groups excluding carboxylic acids is 2. The smallest absolute Gasteiger partial charge is 0.255 e. The summed E-state index contributed by atoms with van der Waals surface area (Å²) in [6.07, 6.45) is 1.59. The number of nitrogens with zero attached hydrogens (tertiary/aromatic N) is 2. The number of anilines is 2. The molecule has 2 aromatic carbocycles. The van der Waals surface area contributed by atoms with Crippen LogP contribution in [0.25, 0.3) is 0 Å². The number of fused-ring (bicyclic) bond motifs is 1. The van der Waals surface area contributed by atoms with Gasteiger partial charge in [0, 0.05) is 34.8 Å². The van der Waals surface area contributed by atoms with Crippen LogP contribution in [0.3, 0.4) is 0 Å². The van der Waals surface area contributed by atoms with E-state index in [4.69, 9.17) is 4.52 Å². The van der Waals surface area contributed by atoms with Crippen LogP contribution < -0.4 is 10.2 Å². The molecule has 0 fully saturated rings. The van der Waals surface area contributed by atoms with Gasteiger partial charge >= 0.3 is 0 Å². The third-order valence-corrected chi connectivity index (χ3v) is 6.50. The molecule has 0 spiro atoms. The largest absolute Gasteiger partial charge is 0.361 e. The highest BCUT2D eigenvalue weighted by atomic mass is 32.2. The molecular formula is C24H24FN3O3S. The summed E-state index contributed by atoms with van der Waals surface area (Å²) in [6, 6.07) is 11.0. The fourth-order valence-corrected chi connectivity index (χ4v) is 4.87. The number of halogens is 1. The number of nitrogens with one attached hydrogen (secondary N) is 1. The summed E-state index contributed by atoms with van der Waals surface area (Å²) in [5, 5.41) is 6.87. The van der Waals surface area contributed by atoms with E-state index >= 15 is 0 Å². The molecule has 0 aliphatic carbocycles. The third kappa shape index (κ3) is 4.70. The first-order chi connectivity index (χ1) is 15.4. The molecule has 2 heterocycles. The third-order valence-electron chi connectivity index (χ3n) is 5.56. The molecule has 1 aromatic heterocycles. The van der Waals surface area contributed by atoms with E-state index in [1.807, 2.05) is 32.0 Å². The van der Waals surface area contributed by atoms with Crippen molar-refractivity contribution >= 4 is 35.0 Å². The maximum absolute atomic E-state index is 13.1. The summed E-state index contributed by atoms with van der Waals surface area (Å²) in [6.45, 7) is 4.42. The van der Waals surface area contributed by atoms with Gasteiger partial charge in [-0.1, -0.05) is 11.2 Å². The van der Waals surface area contributed by atoms with Gasteiger partial charge in [-0.3, -0.25) is 9.59 Å². The lowest BCUT2D eigenvalue weighted by molar-refractivity contribution is -0.116. The molecule has 1 aliphatic heterocycles. The minimum Gasteiger partial charge on any atom is -0.361 e. The molecule has 0 radical (unpaired) electrons. The highest BCUT2D eigenvalue weighted by Crippen LogP contribution is 2.34. The van der Waals surface area contributed by atoms with E-state index in [-0.39, 0.29) is 17.6 Å². The molecule has 32 heavy (non-hydrogen) atoms. The van der Waals surface area contributed by atoms with Crippen LogP contribution in [-0.2, 0) is 17.0 Å². The molecule has 166 valence electrons. The normalized spacial score (nSPS) is 13.0. The van der Waals surface area contributed by atoms with Gasteiger partial charge in [0.15, 0.2) is 0 Å². The maximum Gasteiger partial charge on any atom is 0.255 e. The van der Waals surface area contributed by atoms with Crippen molar-refractivity contribution in [1.82, 2.24) is 5.16 Å². The Morgan fingerprint density at radius 3 is 2.69 bits per heavy atom. The zero-order valence-corrected chi connectivity index (χ0v) is 18.8. The molecule has 0 unspecified atom stereocenters. The van der Waals surface area contributed by atoms with Gasteiger partial charge in [-0.25, -0.2) is 4.39 Å². The molecular weight excluding hydrogens is 429 g/mol. The van der Waals surface area contributed by atoms with Gasteiger partial charge in [0.2, 0.25) is 5.91 Å². The van der Waals surface area contributed by atoms with E-state index < -0.39 is 0 Å². The first-order valence-corrected chi connectivity index (χ1v) is 11.6. The zero-order chi connectivity index (χ0) is 22.7. The Morgan fingerprint density at radius 1 is 1.19 bits per heavy atom. The fourth-order valence-electron chi connectivity index (χ4n) is 3.82. The van der Waals surface area contributed by atoms with Gasteiger partial charge in [-0.2, -0.15) is 0 Å². The molecule has 0 atom stereocenters. The average molecular weight is 454 g/mol. The number of aryl methyl sites for hydroxylation is 2. The Kier molecular flexibility index (Phi) is 6.60. The van der Waals surface area contributed by atoms with Crippen LogP contribution >= 0.6 is 11.8 Å². The van der Waals surface area contributed by atoms with E-state index in [9.17, 15) is 14.0 Å². The van der Waals surface area contributed by atoms with Gasteiger partial charge in [-0.15, -0.1) is 11.8 Å². The standard InChI is InChI=1S/C24H24FN3O3S/c1-15-20(16(2)31-27-15)13-32-14-23(29)28-12-4-5-19-21(6-3-7-22(19)28)26-24(30)17-8-10-18(25)11-9-17/h3,6-11H,4-5,12-14H2,1-2H3,(H,26,30). The fraction of sp³-hybridized carbons (Fsp3) is 0.292. The lowest BCUT2D eigenvalue weighted by atomic mass is 9.99. The second kappa shape index (κ2) is 9.56. The highest BCUT2D eigenvalue weighted by Gasteiger charge is 2.25. The first kappa shape index (κ1) is 22.1. The predicted molar refractivity (Wildman–Crippen MR) is 124 cm³/mol. The van der Waals surface area contributed by atoms with Crippen molar-refractivity contribution in [3.05, 3.63) is 76.4 Å². The zero-order valence-electron chi connectivity index (χ0n) is 18.0. The molecule has 2 amide bonds. The number of aromatic nitrogens is 1. The Balaban J connectivity index is 1.45. The van der Waals surface area contributed by atoms with Crippen molar-refractivity contribution in [2.45, 2.75) is 32.4 Å². The highest BCUT2D eigenvalue weighted by molar-refractivity contribution is 7.99. The number of hydrogen-bond donors (Lipinski definition) is 1. The van der Waals surface area contributed by atoms with Gasteiger partial charge in [0.05, 0.1) is 11.4 Å². The maximum atomic E-state index is 13.1. The van der Waals surface area contributed by atoms with Crippen LogP contribution in [0.2, 0.25) is 0 Å². The van der Waals surface area contributed by atoms with E-state index in [1.165, 1.54) is 36.0 Å². The number of thioether (sulfide) groups is 1. The minimum atomic E-state index is -0.389. The Bertz CT molecular complexity index is 1120. The van der Waals surface area contributed by atoms with Crippen molar-refractivity contribution in [2.24, 2.45) is 0 Å². The van der Waals surface area contributed by atoms with Gasteiger partial charge in [0.1, 0.15) is 11.6 Å². The van der Waals surface area contributed by atoms with E-state index in [2.05, 4.69) is 10.5 Å². The Hall–Kier alpha value is -3.13. The lowest BCUT2D eigenvalue weighted by Crippen LogP contribution is -2.37. The van der Waals surface area contributed by atoms with Gasteiger partial charge in [-0.05, 0) is 68.7 Å². The summed E-state index contributed by atoms with van der Waals surface area (Å²) in [4.78, 5) is 27.4. The first-order valence-electron chi connectivity index (χ1n) is 10.4. The molecule has 0 saturated heterocycles. The van der Waals surface area contributed by atoms with Crippen LogP contribution in [-0.4, -0.2) is 29.3 Å². The summed E-state index contributed by atoms with van der Waals surface area (Å²) in [5.41, 5.74) is 4.72. The second-order valence-corrected chi connectivity index (χ2v) is 8.69. The number of hydrogen-bond acceptors (Lipinski definition) is 5. The van der Waals surface area contributed by atoms with E-state index in [0.717, 1.165) is 41.1 Å². The molecule has 1 N–H and O–H groups in total. The second-order valence-electron chi connectivity index (χ2n) is 7.71. The summed E-state index contributed by atoms with van der Waals surface area (Å²) in [5.74, 6) is 1.13. The average Bonchev–Trinajstić information content (AvgIpc) is 3.11. The number of rotatable bonds is 6. The van der Waals surface area contributed by atoms with E-state index in [1.54, 1.807) is 4.90 Å². The predicted octanol–water partition coefficient (Wildman–Crippen LogP) is 4.90. The SMILES string of the molecule is Cc1noc(C)c1CSCC(=O)N1CCCc2c(NC(=O)c3ccc(F)cc3)cccc21. The van der Waals surface area contributed by atoms with Crippen LogP contribution in [0.5, 0.6) is 0 Å². The van der Waals surface area contributed by atoms with Crippen LogP contribution in [0.15, 0.2) is 47.0 Å². The minimum absolute atomic E-state index is 0.0321. The number of carbonyl (C=O) groups is 2. The van der Waals surface area contributed by atoms with Crippen molar-refractivity contribution < 1.29 is 18.5 Å². The molecule has 8 heteroatoms. The molecule has 1 aliphatic rings. The number of benzene rings is 2. The monoisotopic (exact) mass is 453 g/mol. The van der Waals surface area contributed by atoms with Gasteiger partial charge in [0.25, 0.3) is 5.91 Å². The topological polar surface area (TPSA) is 75.4 Å². The molecule has 3 aromatic rings. The lowest BCUT2D eigenvalue weighted by Gasteiger charge is -2.31. The molecule has 0 bridgehead atoms.